The molecule has 2 aromatic rings. The highest BCUT2D eigenvalue weighted by Crippen LogP contribution is 2.19. The molecule has 3 amide bonds. The zero-order valence-electron chi connectivity index (χ0n) is 17.3. The van der Waals surface area contributed by atoms with Gasteiger partial charge in [0.1, 0.15) is 5.76 Å². The van der Waals surface area contributed by atoms with Crippen molar-refractivity contribution in [3.05, 3.63) is 59.6 Å². The average molecular weight is 409 g/mol. The normalized spacial score (nSPS) is 14.7. The van der Waals surface area contributed by atoms with Crippen molar-refractivity contribution in [1.29, 1.82) is 0 Å². The Morgan fingerprint density at radius 1 is 1.07 bits per heavy atom. The number of hydrogen-bond acceptors (Lipinski definition) is 4. The van der Waals surface area contributed by atoms with Gasteiger partial charge in [0.2, 0.25) is 5.91 Å². The van der Waals surface area contributed by atoms with Crippen LogP contribution in [0.2, 0.25) is 0 Å². The van der Waals surface area contributed by atoms with E-state index in [1.54, 1.807) is 29.4 Å². The number of benzene rings is 1. The third kappa shape index (κ3) is 5.59. The van der Waals surface area contributed by atoms with Crippen molar-refractivity contribution >= 4 is 29.5 Å². The fraction of sp³-hybridized carbons (Fsp3) is 0.348. The van der Waals surface area contributed by atoms with Crippen LogP contribution in [0.25, 0.3) is 6.08 Å². The molecule has 0 atom stereocenters. The number of anilines is 1. The molecule has 0 spiro atoms. The lowest BCUT2D eigenvalue weighted by atomic mass is 9.96. The van der Waals surface area contributed by atoms with Gasteiger partial charge in [0, 0.05) is 31.4 Å². The zero-order valence-corrected chi connectivity index (χ0v) is 17.3. The van der Waals surface area contributed by atoms with Crippen molar-refractivity contribution in [1.82, 2.24) is 10.2 Å². The summed E-state index contributed by atoms with van der Waals surface area (Å²) in [5.74, 6) is -0.484. The highest BCUT2D eigenvalue weighted by Gasteiger charge is 2.23. The summed E-state index contributed by atoms with van der Waals surface area (Å²) in [6.07, 6.45) is 6.28. The number of carbonyl (C=O) groups excluding carboxylic acids is 3. The molecule has 1 aromatic carbocycles. The Hall–Kier alpha value is -3.35. The molecule has 0 radical (unpaired) electrons. The van der Waals surface area contributed by atoms with Gasteiger partial charge in [-0.2, -0.15) is 0 Å². The van der Waals surface area contributed by atoms with Crippen LogP contribution >= 0.6 is 0 Å². The number of carbonyl (C=O) groups is 3. The highest BCUT2D eigenvalue weighted by molar-refractivity contribution is 6.39. The number of para-hydroxylation sites is 1. The van der Waals surface area contributed by atoms with E-state index in [1.165, 1.54) is 6.08 Å². The van der Waals surface area contributed by atoms with Gasteiger partial charge in [0.15, 0.2) is 0 Å². The minimum atomic E-state index is -0.664. The first-order chi connectivity index (χ1) is 14.4. The molecule has 0 unspecified atom stereocenters. The number of rotatable bonds is 5. The maximum Gasteiger partial charge on any atom is 0.313 e. The van der Waals surface area contributed by atoms with Gasteiger partial charge in [0.05, 0.1) is 6.26 Å². The van der Waals surface area contributed by atoms with Crippen LogP contribution in [0.15, 0.2) is 47.1 Å². The Balaban J connectivity index is 1.41. The van der Waals surface area contributed by atoms with Crippen LogP contribution in [0.1, 0.15) is 29.7 Å². The van der Waals surface area contributed by atoms with Gasteiger partial charge in [-0.1, -0.05) is 18.2 Å². The van der Waals surface area contributed by atoms with Crippen LogP contribution in [0.4, 0.5) is 5.69 Å². The van der Waals surface area contributed by atoms with E-state index in [0.29, 0.717) is 31.1 Å². The van der Waals surface area contributed by atoms with E-state index in [0.717, 1.165) is 24.0 Å². The van der Waals surface area contributed by atoms with Gasteiger partial charge in [-0.25, -0.2) is 0 Å². The standard InChI is InChI=1S/C23H27N3O4/c1-16-5-3-6-17(2)21(16)25-23(29)22(28)24-15-18-10-12-26(13-11-18)20(27)9-8-19-7-4-14-30-19/h3-9,14,18H,10-13,15H2,1-2H3,(H,24,28)(H,25,29)/b9-8+. The van der Waals surface area contributed by atoms with E-state index < -0.39 is 11.8 Å². The Kier molecular flexibility index (Phi) is 7.06. The van der Waals surface area contributed by atoms with Crippen LogP contribution in [0.3, 0.4) is 0 Å². The van der Waals surface area contributed by atoms with Gasteiger partial charge in [-0.05, 0) is 61.9 Å². The van der Waals surface area contributed by atoms with Crippen molar-refractivity contribution in [2.75, 3.05) is 25.0 Å². The topological polar surface area (TPSA) is 91.7 Å². The Labute approximate surface area is 176 Å². The van der Waals surface area contributed by atoms with E-state index in [4.69, 9.17) is 4.42 Å². The van der Waals surface area contributed by atoms with Gasteiger partial charge in [-0.3, -0.25) is 14.4 Å². The number of aryl methyl sites for hydroxylation is 2. The number of furan rings is 1. The van der Waals surface area contributed by atoms with Crippen LogP contribution in [-0.4, -0.2) is 42.3 Å². The van der Waals surface area contributed by atoms with E-state index in [1.807, 2.05) is 32.0 Å². The lowest BCUT2D eigenvalue weighted by Crippen LogP contribution is -2.43. The van der Waals surface area contributed by atoms with Crippen molar-refractivity contribution in [2.45, 2.75) is 26.7 Å². The van der Waals surface area contributed by atoms with Crippen LogP contribution < -0.4 is 10.6 Å². The van der Waals surface area contributed by atoms with Gasteiger partial charge >= 0.3 is 11.8 Å². The van der Waals surface area contributed by atoms with Crippen molar-refractivity contribution in [3.63, 3.8) is 0 Å². The molecule has 1 saturated heterocycles. The number of likely N-dealkylation sites (tertiary alicyclic amines) is 1. The lowest BCUT2D eigenvalue weighted by molar-refractivity contribution is -0.136. The van der Waals surface area contributed by atoms with Gasteiger partial charge in [-0.15, -0.1) is 0 Å². The van der Waals surface area contributed by atoms with E-state index in [-0.39, 0.29) is 11.8 Å². The first-order valence-corrected chi connectivity index (χ1v) is 10.1. The molecule has 1 aliphatic heterocycles. The van der Waals surface area contributed by atoms with Crippen molar-refractivity contribution < 1.29 is 18.8 Å². The minimum Gasteiger partial charge on any atom is -0.465 e. The lowest BCUT2D eigenvalue weighted by Gasteiger charge is -2.31. The molecule has 1 aliphatic rings. The van der Waals surface area contributed by atoms with Gasteiger partial charge < -0.3 is 20.0 Å². The third-order valence-electron chi connectivity index (χ3n) is 5.34. The number of nitrogens with one attached hydrogen (secondary N) is 2. The maximum absolute atomic E-state index is 12.3. The molecule has 0 bridgehead atoms. The summed E-state index contributed by atoms with van der Waals surface area (Å²) in [6, 6.07) is 9.24. The first-order valence-electron chi connectivity index (χ1n) is 10.1. The second-order valence-corrected chi connectivity index (χ2v) is 7.55. The molecular formula is C23H27N3O4. The summed E-state index contributed by atoms with van der Waals surface area (Å²) >= 11 is 0. The Morgan fingerprint density at radius 2 is 1.77 bits per heavy atom. The summed E-state index contributed by atoms with van der Waals surface area (Å²) < 4.78 is 5.18. The number of nitrogens with zero attached hydrogens (tertiary/aromatic N) is 1. The molecule has 0 aliphatic carbocycles. The second-order valence-electron chi connectivity index (χ2n) is 7.55. The molecule has 2 heterocycles. The molecule has 7 nitrogen and oxygen atoms in total. The van der Waals surface area contributed by atoms with Crippen LogP contribution in [-0.2, 0) is 14.4 Å². The van der Waals surface area contributed by atoms with E-state index in [2.05, 4.69) is 10.6 Å². The molecule has 30 heavy (non-hydrogen) atoms. The summed E-state index contributed by atoms with van der Waals surface area (Å²) in [5.41, 5.74) is 2.50. The first kappa shape index (κ1) is 21.4. The third-order valence-corrected chi connectivity index (χ3v) is 5.34. The molecule has 1 aromatic heterocycles. The van der Waals surface area contributed by atoms with E-state index >= 15 is 0 Å². The van der Waals surface area contributed by atoms with Crippen LogP contribution in [0, 0.1) is 19.8 Å². The van der Waals surface area contributed by atoms with Crippen LogP contribution in [0.5, 0.6) is 0 Å². The molecule has 158 valence electrons. The predicted molar refractivity (Wildman–Crippen MR) is 115 cm³/mol. The minimum absolute atomic E-state index is 0.0538. The largest absolute Gasteiger partial charge is 0.465 e. The smallest absolute Gasteiger partial charge is 0.313 e. The SMILES string of the molecule is Cc1cccc(C)c1NC(=O)C(=O)NCC1CCN(C(=O)/C=C/c2ccco2)CC1. The zero-order chi connectivity index (χ0) is 21.5. The monoisotopic (exact) mass is 409 g/mol. The maximum atomic E-state index is 12.3. The number of amides is 3. The number of hydrogen-bond donors (Lipinski definition) is 2. The van der Waals surface area contributed by atoms with E-state index in [9.17, 15) is 14.4 Å². The second kappa shape index (κ2) is 9.91. The molecule has 2 N–H and O–H groups in total. The Bertz CT molecular complexity index is 906. The molecule has 0 saturated carbocycles. The summed E-state index contributed by atoms with van der Waals surface area (Å²) in [4.78, 5) is 38.4. The molecule has 7 heteroatoms. The van der Waals surface area contributed by atoms with Crippen molar-refractivity contribution in [2.24, 2.45) is 5.92 Å². The van der Waals surface area contributed by atoms with Gasteiger partial charge in [0.25, 0.3) is 0 Å². The highest BCUT2D eigenvalue weighted by atomic mass is 16.3. The summed E-state index contributed by atoms with van der Waals surface area (Å²) in [5, 5.41) is 5.41. The Morgan fingerprint density at radius 3 is 2.40 bits per heavy atom. The predicted octanol–water partition coefficient (Wildman–Crippen LogP) is 2.90. The molecule has 3 rings (SSSR count). The summed E-state index contributed by atoms with van der Waals surface area (Å²) in [7, 11) is 0. The summed E-state index contributed by atoms with van der Waals surface area (Å²) in [6.45, 7) is 5.44. The molecular weight excluding hydrogens is 382 g/mol. The molecule has 1 fully saturated rings. The number of piperidine rings is 1. The quantitative estimate of drug-likeness (QED) is 0.587. The fourth-order valence-electron chi connectivity index (χ4n) is 3.50. The van der Waals surface area contributed by atoms with Crippen molar-refractivity contribution in [3.8, 4) is 0 Å². The fourth-order valence-corrected chi connectivity index (χ4v) is 3.50. The average Bonchev–Trinajstić information content (AvgIpc) is 3.27.